The SMILES string of the molecule is CC(C)C(NC(=O)Cc1ccc2ccccc2c1)C(=O)N[C@@H](C)[C@H](C)O. The van der Waals surface area contributed by atoms with Gasteiger partial charge in [-0.15, -0.1) is 0 Å². The van der Waals surface area contributed by atoms with E-state index in [1.807, 2.05) is 56.3 Å². The first-order valence-corrected chi connectivity index (χ1v) is 9.03. The number of amides is 2. The van der Waals surface area contributed by atoms with E-state index < -0.39 is 12.1 Å². The second-order valence-corrected chi connectivity index (χ2v) is 7.19. The van der Waals surface area contributed by atoms with Gasteiger partial charge in [0.25, 0.3) is 0 Å². The van der Waals surface area contributed by atoms with E-state index in [0.717, 1.165) is 16.3 Å². The molecule has 0 fully saturated rings. The van der Waals surface area contributed by atoms with Crippen molar-refractivity contribution < 1.29 is 14.7 Å². The van der Waals surface area contributed by atoms with Gasteiger partial charge in [-0.3, -0.25) is 9.59 Å². The minimum atomic E-state index is -0.653. The smallest absolute Gasteiger partial charge is 0.243 e. The number of nitrogens with one attached hydrogen (secondary N) is 2. The highest BCUT2D eigenvalue weighted by Gasteiger charge is 2.26. The standard InChI is InChI=1S/C21H28N2O3/c1-13(2)20(21(26)22-14(3)15(4)24)23-19(25)12-16-9-10-17-7-5-6-8-18(17)11-16/h5-11,13-15,20,24H,12H2,1-4H3,(H,22,26)(H,23,25)/t14-,15-,20?/m0/s1. The summed E-state index contributed by atoms with van der Waals surface area (Å²) in [5.74, 6) is -0.532. The Morgan fingerprint density at radius 3 is 2.23 bits per heavy atom. The van der Waals surface area contributed by atoms with E-state index in [1.165, 1.54) is 0 Å². The average Bonchev–Trinajstić information content (AvgIpc) is 2.59. The van der Waals surface area contributed by atoms with Gasteiger partial charge in [-0.1, -0.05) is 56.3 Å². The molecule has 2 aromatic carbocycles. The molecule has 2 amide bonds. The number of rotatable bonds is 7. The summed E-state index contributed by atoms with van der Waals surface area (Å²) in [6, 6.07) is 12.9. The van der Waals surface area contributed by atoms with E-state index in [2.05, 4.69) is 10.6 Å². The highest BCUT2D eigenvalue weighted by Crippen LogP contribution is 2.16. The topological polar surface area (TPSA) is 78.4 Å². The molecule has 0 aliphatic heterocycles. The monoisotopic (exact) mass is 356 g/mol. The summed E-state index contributed by atoms with van der Waals surface area (Å²) >= 11 is 0. The van der Waals surface area contributed by atoms with E-state index in [9.17, 15) is 14.7 Å². The van der Waals surface area contributed by atoms with Gasteiger partial charge in [-0.2, -0.15) is 0 Å². The van der Waals surface area contributed by atoms with Crippen LogP contribution in [0, 0.1) is 5.92 Å². The van der Waals surface area contributed by atoms with Crippen molar-refractivity contribution in [2.75, 3.05) is 0 Å². The largest absolute Gasteiger partial charge is 0.391 e. The molecule has 3 N–H and O–H groups in total. The highest BCUT2D eigenvalue weighted by molar-refractivity contribution is 5.89. The predicted molar refractivity (Wildman–Crippen MR) is 104 cm³/mol. The van der Waals surface area contributed by atoms with Gasteiger partial charge in [0, 0.05) is 0 Å². The highest BCUT2D eigenvalue weighted by atomic mass is 16.3. The summed E-state index contributed by atoms with van der Waals surface area (Å²) in [5.41, 5.74) is 0.904. The van der Waals surface area contributed by atoms with Crippen LogP contribution < -0.4 is 10.6 Å². The maximum Gasteiger partial charge on any atom is 0.243 e. The normalized spacial score (nSPS) is 14.7. The summed E-state index contributed by atoms with van der Waals surface area (Å²) in [6.07, 6.45) is -0.437. The van der Waals surface area contributed by atoms with Crippen LogP contribution in [-0.4, -0.2) is 35.1 Å². The maximum atomic E-state index is 12.4. The number of aliphatic hydroxyl groups excluding tert-OH is 1. The van der Waals surface area contributed by atoms with Crippen LogP contribution in [0.1, 0.15) is 33.3 Å². The third-order valence-corrected chi connectivity index (χ3v) is 4.54. The Balaban J connectivity index is 2.03. The molecule has 0 aliphatic carbocycles. The van der Waals surface area contributed by atoms with Gasteiger partial charge >= 0.3 is 0 Å². The van der Waals surface area contributed by atoms with Crippen LogP contribution in [0.4, 0.5) is 0 Å². The zero-order valence-electron chi connectivity index (χ0n) is 15.8. The summed E-state index contributed by atoms with van der Waals surface area (Å²) in [6.45, 7) is 7.12. The second-order valence-electron chi connectivity index (χ2n) is 7.19. The fourth-order valence-electron chi connectivity index (χ4n) is 2.73. The van der Waals surface area contributed by atoms with Gasteiger partial charge < -0.3 is 15.7 Å². The number of carbonyl (C=O) groups excluding carboxylic acids is 2. The molecule has 0 heterocycles. The Kier molecular flexibility index (Phi) is 6.75. The summed E-state index contributed by atoms with van der Waals surface area (Å²) in [5, 5.41) is 17.3. The van der Waals surface area contributed by atoms with Gasteiger partial charge in [0.15, 0.2) is 0 Å². The van der Waals surface area contributed by atoms with E-state index in [-0.39, 0.29) is 30.2 Å². The number of hydrogen-bond donors (Lipinski definition) is 3. The first kappa shape index (κ1) is 19.9. The van der Waals surface area contributed by atoms with Crippen molar-refractivity contribution in [1.82, 2.24) is 10.6 Å². The van der Waals surface area contributed by atoms with Crippen molar-refractivity contribution in [3.8, 4) is 0 Å². The van der Waals surface area contributed by atoms with Crippen LogP contribution in [0.3, 0.4) is 0 Å². The lowest BCUT2D eigenvalue weighted by atomic mass is 10.0. The van der Waals surface area contributed by atoms with Gasteiger partial charge in [0.2, 0.25) is 11.8 Å². The van der Waals surface area contributed by atoms with Gasteiger partial charge in [0.05, 0.1) is 18.6 Å². The Labute approximate surface area is 154 Å². The first-order chi connectivity index (χ1) is 12.3. The van der Waals surface area contributed by atoms with Gasteiger partial charge in [-0.05, 0) is 36.1 Å². The first-order valence-electron chi connectivity index (χ1n) is 9.03. The molecule has 0 spiro atoms. The third kappa shape index (κ3) is 5.30. The summed E-state index contributed by atoms with van der Waals surface area (Å²) < 4.78 is 0. The maximum absolute atomic E-state index is 12.4. The quantitative estimate of drug-likeness (QED) is 0.713. The molecule has 1 unspecified atom stereocenters. The number of fused-ring (bicyclic) bond motifs is 1. The lowest BCUT2D eigenvalue weighted by molar-refractivity contribution is -0.130. The Morgan fingerprint density at radius 1 is 0.962 bits per heavy atom. The van der Waals surface area contributed by atoms with Crippen molar-refractivity contribution >= 4 is 22.6 Å². The molecule has 0 aliphatic rings. The van der Waals surface area contributed by atoms with Crippen LogP contribution in [0.5, 0.6) is 0 Å². The molecule has 0 bridgehead atoms. The van der Waals surface area contributed by atoms with Crippen LogP contribution in [0.2, 0.25) is 0 Å². The molecule has 5 heteroatoms. The third-order valence-electron chi connectivity index (χ3n) is 4.54. The minimum Gasteiger partial charge on any atom is -0.391 e. The molecule has 0 saturated heterocycles. The molecule has 2 aromatic rings. The Bertz CT molecular complexity index is 771. The van der Waals surface area contributed by atoms with Crippen LogP contribution in [-0.2, 0) is 16.0 Å². The lowest BCUT2D eigenvalue weighted by Crippen LogP contribution is -2.53. The summed E-state index contributed by atoms with van der Waals surface area (Å²) in [4.78, 5) is 24.9. The molecule has 0 saturated carbocycles. The molecular formula is C21H28N2O3. The van der Waals surface area contributed by atoms with Crippen molar-refractivity contribution in [1.29, 1.82) is 0 Å². The van der Waals surface area contributed by atoms with Crippen molar-refractivity contribution in [2.45, 2.75) is 52.3 Å². The predicted octanol–water partition coefficient (Wildman–Crippen LogP) is 2.41. The molecule has 2 rings (SSSR count). The van der Waals surface area contributed by atoms with Crippen LogP contribution in [0.25, 0.3) is 10.8 Å². The number of carbonyl (C=O) groups is 2. The fraction of sp³-hybridized carbons (Fsp3) is 0.429. The minimum absolute atomic E-state index is 0.0586. The Hall–Kier alpha value is -2.40. The fourth-order valence-corrected chi connectivity index (χ4v) is 2.73. The average molecular weight is 356 g/mol. The molecule has 140 valence electrons. The molecule has 0 radical (unpaired) electrons. The molecule has 26 heavy (non-hydrogen) atoms. The Morgan fingerprint density at radius 2 is 1.62 bits per heavy atom. The van der Waals surface area contributed by atoms with E-state index >= 15 is 0 Å². The van der Waals surface area contributed by atoms with E-state index in [0.29, 0.717) is 0 Å². The van der Waals surface area contributed by atoms with Crippen molar-refractivity contribution in [2.24, 2.45) is 5.92 Å². The number of benzene rings is 2. The van der Waals surface area contributed by atoms with Gasteiger partial charge in [0.1, 0.15) is 6.04 Å². The van der Waals surface area contributed by atoms with Crippen LogP contribution in [0.15, 0.2) is 42.5 Å². The number of aliphatic hydroxyl groups is 1. The molecule has 5 nitrogen and oxygen atoms in total. The van der Waals surface area contributed by atoms with Crippen molar-refractivity contribution in [3.63, 3.8) is 0 Å². The van der Waals surface area contributed by atoms with E-state index in [4.69, 9.17) is 0 Å². The second kappa shape index (κ2) is 8.81. The van der Waals surface area contributed by atoms with Gasteiger partial charge in [-0.25, -0.2) is 0 Å². The molecular weight excluding hydrogens is 328 g/mol. The zero-order chi connectivity index (χ0) is 19.3. The number of hydrogen-bond acceptors (Lipinski definition) is 3. The van der Waals surface area contributed by atoms with E-state index in [1.54, 1.807) is 13.8 Å². The lowest BCUT2D eigenvalue weighted by Gasteiger charge is -2.25. The molecule has 3 atom stereocenters. The summed E-state index contributed by atoms with van der Waals surface area (Å²) in [7, 11) is 0. The van der Waals surface area contributed by atoms with Crippen LogP contribution >= 0.6 is 0 Å². The zero-order valence-corrected chi connectivity index (χ0v) is 15.8. The van der Waals surface area contributed by atoms with Crippen molar-refractivity contribution in [3.05, 3.63) is 48.0 Å². The molecule has 0 aromatic heterocycles.